The second-order valence-electron chi connectivity index (χ2n) is 4.82. The maximum absolute atomic E-state index is 11.9. The highest BCUT2D eigenvalue weighted by atomic mass is 35.5. The SMILES string of the molecule is CNC(=O)c1cc(NC(=O)CC2CCCN2)ccc1Cl. The van der Waals surface area contributed by atoms with E-state index >= 15 is 0 Å². The van der Waals surface area contributed by atoms with E-state index in [1.165, 1.54) is 7.05 Å². The van der Waals surface area contributed by atoms with Crippen molar-refractivity contribution in [3.8, 4) is 0 Å². The molecule has 6 heteroatoms. The lowest BCUT2D eigenvalue weighted by Gasteiger charge is -2.11. The molecule has 1 atom stereocenters. The summed E-state index contributed by atoms with van der Waals surface area (Å²) < 4.78 is 0. The van der Waals surface area contributed by atoms with E-state index in [0.29, 0.717) is 22.7 Å². The largest absolute Gasteiger partial charge is 0.355 e. The predicted molar refractivity (Wildman–Crippen MR) is 79.1 cm³/mol. The lowest BCUT2D eigenvalue weighted by molar-refractivity contribution is -0.116. The minimum atomic E-state index is -0.274. The van der Waals surface area contributed by atoms with Crippen molar-refractivity contribution in [3.63, 3.8) is 0 Å². The molecule has 1 aromatic carbocycles. The maximum Gasteiger partial charge on any atom is 0.252 e. The maximum atomic E-state index is 11.9. The van der Waals surface area contributed by atoms with Crippen LogP contribution in [0.3, 0.4) is 0 Å². The Hall–Kier alpha value is -1.59. The van der Waals surface area contributed by atoms with Gasteiger partial charge in [-0.2, -0.15) is 0 Å². The Labute approximate surface area is 123 Å². The van der Waals surface area contributed by atoms with E-state index in [0.717, 1.165) is 19.4 Å². The molecule has 0 aliphatic carbocycles. The zero-order valence-corrected chi connectivity index (χ0v) is 12.1. The fourth-order valence-corrected chi connectivity index (χ4v) is 2.48. The first-order valence-corrected chi connectivity index (χ1v) is 7.03. The first-order chi connectivity index (χ1) is 9.60. The van der Waals surface area contributed by atoms with E-state index in [9.17, 15) is 9.59 Å². The summed E-state index contributed by atoms with van der Waals surface area (Å²) in [6.45, 7) is 0.972. The van der Waals surface area contributed by atoms with E-state index in [4.69, 9.17) is 11.6 Å². The molecule has 2 amide bonds. The summed E-state index contributed by atoms with van der Waals surface area (Å²) in [5.74, 6) is -0.335. The molecule has 0 radical (unpaired) electrons. The molecule has 1 unspecified atom stereocenters. The Kier molecular flexibility index (Phi) is 4.98. The van der Waals surface area contributed by atoms with Crippen molar-refractivity contribution in [3.05, 3.63) is 28.8 Å². The highest BCUT2D eigenvalue weighted by molar-refractivity contribution is 6.34. The molecule has 3 N–H and O–H groups in total. The lowest BCUT2D eigenvalue weighted by Crippen LogP contribution is -2.27. The molecule has 1 aliphatic rings. The van der Waals surface area contributed by atoms with Crippen molar-refractivity contribution in [1.29, 1.82) is 0 Å². The second-order valence-corrected chi connectivity index (χ2v) is 5.23. The van der Waals surface area contributed by atoms with Crippen LogP contribution in [0.5, 0.6) is 0 Å². The number of nitrogens with one attached hydrogen (secondary N) is 3. The molecule has 0 spiro atoms. The average molecular weight is 296 g/mol. The Bertz CT molecular complexity index is 513. The van der Waals surface area contributed by atoms with Gasteiger partial charge in [-0.1, -0.05) is 11.6 Å². The van der Waals surface area contributed by atoms with Crippen LogP contribution < -0.4 is 16.0 Å². The number of hydrogen-bond acceptors (Lipinski definition) is 3. The molecule has 20 heavy (non-hydrogen) atoms. The van der Waals surface area contributed by atoms with E-state index in [1.54, 1.807) is 18.2 Å². The van der Waals surface area contributed by atoms with Crippen LogP contribution in [0.1, 0.15) is 29.6 Å². The summed E-state index contributed by atoms with van der Waals surface area (Å²) in [5.41, 5.74) is 0.932. The quantitative estimate of drug-likeness (QED) is 0.793. The van der Waals surface area contributed by atoms with Gasteiger partial charge in [-0.25, -0.2) is 0 Å². The number of benzene rings is 1. The third-order valence-electron chi connectivity index (χ3n) is 3.32. The van der Waals surface area contributed by atoms with Crippen LogP contribution in [-0.2, 0) is 4.79 Å². The van der Waals surface area contributed by atoms with Crippen molar-refractivity contribution < 1.29 is 9.59 Å². The minimum absolute atomic E-state index is 0.0606. The van der Waals surface area contributed by atoms with Crippen molar-refractivity contribution >= 4 is 29.1 Å². The van der Waals surface area contributed by atoms with Crippen LogP contribution in [-0.4, -0.2) is 31.4 Å². The van der Waals surface area contributed by atoms with Gasteiger partial charge >= 0.3 is 0 Å². The Morgan fingerprint density at radius 2 is 2.25 bits per heavy atom. The van der Waals surface area contributed by atoms with Crippen LogP contribution in [0, 0.1) is 0 Å². The lowest BCUT2D eigenvalue weighted by atomic mass is 10.1. The predicted octanol–water partition coefficient (Wildman–Crippen LogP) is 1.78. The number of carbonyl (C=O) groups is 2. The van der Waals surface area contributed by atoms with Gasteiger partial charge in [0.15, 0.2) is 0 Å². The van der Waals surface area contributed by atoms with Crippen molar-refractivity contribution in [2.75, 3.05) is 18.9 Å². The van der Waals surface area contributed by atoms with Gasteiger partial charge in [-0.3, -0.25) is 9.59 Å². The van der Waals surface area contributed by atoms with E-state index in [-0.39, 0.29) is 17.9 Å². The van der Waals surface area contributed by atoms with Gasteiger partial charge in [-0.05, 0) is 37.6 Å². The smallest absolute Gasteiger partial charge is 0.252 e. The zero-order chi connectivity index (χ0) is 14.5. The van der Waals surface area contributed by atoms with Gasteiger partial charge in [0.2, 0.25) is 5.91 Å². The fraction of sp³-hybridized carbons (Fsp3) is 0.429. The molecule has 1 heterocycles. The highest BCUT2D eigenvalue weighted by Gasteiger charge is 2.18. The van der Waals surface area contributed by atoms with Gasteiger partial charge in [0.1, 0.15) is 0 Å². The van der Waals surface area contributed by atoms with Crippen LogP contribution in [0.25, 0.3) is 0 Å². The summed E-state index contributed by atoms with van der Waals surface area (Å²) in [5, 5.41) is 8.95. The molecule has 0 aromatic heterocycles. The third kappa shape index (κ3) is 3.71. The molecule has 1 saturated heterocycles. The Morgan fingerprint density at radius 3 is 2.90 bits per heavy atom. The number of carbonyl (C=O) groups excluding carboxylic acids is 2. The minimum Gasteiger partial charge on any atom is -0.355 e. The van der Waals surface area contributed by atoms with Crippen LogP contribution in [0.4, 0.5) is 5.69 Å². The summed E-state index contributed by atoms with van der Waals surface area (Å²) in [6, 6.07) is 5.13. The first kappa shape index (κ1) is 14.8. The monoisotopic (exact) mass is 295 g/mol. The zero-order valence-electron chi connectivity index (χ0n) is 11.3. The van der Waals surface area contributed by atoms with E-state index < -0.39 is 0 Å². The number of halogens is 1. The van der Waals surface area contributed by atoms with Gasteiger partial charge in [-0.15, -0.1) is 0 Å². The van der Waals surface area contributed by atoms with Gasteiger partial charge in [0, 0.05) is 25.2 Å². The van der Waals surface area contributed by atoms with E-state index in [2.05, 4.69) is 16.0 Å². The third-order valence-corrected chi connectivity index (χ3v) is 3.65. The van der Waals surface area contributed by atoms with Gasteiger partial charge in [0.25, 0.3) is 5.91 Å². The molecule has 0 bridgehead atoms. The number of rotatable bonds is 4. The topological polar surface area (TPSA) is 70.2 Å². The van der Waals surface area contributed by atoms with Gasteiger partial charge in [0.05, 0.1) is 10.6 Å². The normalized spacial score (nSPS) is 17.8. The fourth-order valence-electron chi connectivity index (χ4n) is 2.28. The van der Waals surface area contributed by atoms with Gasteiger partial charge < -0.3 is 16.0 Å². The number of amides is 2. The molecule has 5 nitrogen and oxygen atoms in total. The summed E-state index contributed by atoms with van der Waals surface area (Å²) in [7, 11) is 1.54. The van der Waals surface area contributed by atoms with Crippen molar-refractivity contribution in [2.45, 2.75) is 25.3 Å². The van der Waals surface area contributed by atoms with Crippen LogP contribution >= 0.6 is 11.6 Å². The molecular formula is C14H18ClN3O2. The Balaban J connectivity index is 2.01. The summed E-state index contributed by atoms with van der Waals surface area (Å²) in [6.07, 6.45) is 2.58. The molecule has 108 valence electrons. The molecular weight excluding hydrogens is 278 g/mol. The van der Waals surface area contributed by atoms with E-state index in [1.807, 2.05) is 0 Å². The summed E-state index contributed by atoms with van der Waals surface area (Å²) >= 11 is 5.96. The molecule has 1 aliphatic heterocycles. The highest BCUT2D eigenvalue weighted by Crippen LogP contribution is 2.21. The second kappa shape index (κ2) is 6.72. The van der Waals surface area contributed by atoms with Crippen LogP contribution in [0.15, 0.2) is 18.2 Å². The molecule has 1 aromatic rings. The van der Waals surface area contributed by atoms with Crippen molar-refractivity contribution in [2.24, 2.45) is 0 Å². The molecule has 2 rings (SSSR count). The first-order valence-electron chi connectivity index (χ1n) is 6.65. The number of anilines is 1. The Morgan fingerprint density at radius 1 is 1.45 bits per heavy atom. The standard InChI is InChI=1S/C14H18ClN3O2/c1-16-14(20)11-7-10(4-5-12(11)15)18-13(19)8-9-3-2-6-17-9/h4-5,7,9,17H,2-3,6,8H2,1H3,(H,16,20)(H,18,19). The average Bonchev–Trinajstić information content (AvgIpc) is 2.92. The molecule has 1 fully saturated rings. The van der Waals surface area contributed by atoms with Crippen LogP contribution in [0.2, 0.25) is 5.02 Å². The number of hydrogen-bond donors (Lipinski definition) is 3. The molecule has 0 saturated carbocycles. The summed E-state index contributed by atoms with van der Waals surface area (Å²) in [4.78, 5) is 23.6. The van der Waals surface area contributed by atoms with Crippen molar-refractivity contribution in [1.82, 2.24) is 10.6 Å².